The lowest BCUT2D eigenvalue weighted by atomic mass is 9.91. The van der Waals surface area contributed by atoms with Gasteiger partial charge in [-0.1, -0.05) is 12.1 Å². The third-order valence-corrected chi connectivity index (χ3v) is 4.72. The summed E-state index contributed by atoms with van der Waals surface area (Å²) in [4.78, 5) is 14.7. The summed E-state index contributed by atoms with van der Waals surface area (Å²) < 4.78 is 0. The van der Waals surface area contributed by atoms with Gasteiger partial charge in [-0.15, -0.1) is 0 Å². The van der Waals surface area contributed by atoms with Gasteiger partial charge in [-0.3, -0.25) is 4.79 Å². The number of aryl methyl sites for hydroxylation is 3. The Labute approximate surface area is 128 Å². The molecule has 0 radical (unpaired) electrons. The predicted molar refractivity (Wildman–Crippen MR) is 87.3 cm³/mol. The molecular weight excluding hydrogens is 260 g/mol. The number of piperidine rings is 1. The summed E-state index contributed by atoms with van der Waals surface area (Å²) in [5.41, 5.74) is 11.0. The van der Waals surface area contributed by atoms with Crippen LogP contribution < -0.4 is 5.73 Å². The molecule has 0 saturated carbocycles. The molecule has 2 rings (SSSR count). The maximum atomic E-state index is 12.6. The molecule has 21 heavy (non-hydrogen) atoms. The maximum absolute atomic E-state index is 12.6. The minimum Gasteiger partial charge on any atom is -0.342 e. The third-order valence-electron chi connectivity index (χ3n) is 4.72. The quantitative estimate of drug-likeness (QED) is 0.926. The molecule has 2 N–H and O–H groups in total. The van der Waals surface area contributed by atoms with Crippen LogP contribution in [-0.4, -0.2) is 30.4 Å². The minimum absolute atomic E-state index is 0.0797. The Morgan fingerprint density at radius 1 is 1.10 bits per heavy atom. The molecule has 1 unspecified atom stereocenters. The molecule has 1 aliphatic rings. The lowest BCUT2D eigenvalue weighted by Gasteiger charge is -2.30. The van der Waals surface area contributed by atoms with Crippen molar-refractivity contribution < 1.29 is 4.79 Å². The molecular formula is C18H28N2O. The lowest BCUT2D eigenvalue weighted by Crippen LogP contribution is -2.42. The van der Waals surface area contributed by atoms with Crippen molar-refractivity contribution >= 4 is 5.91 Å². The van der Waals surface area contributed by atoms with Crippen LogP contribution in [0.25, 0.3) is 0 Å². The fraction of sp³-hybridized carbons (Fsp3) is 0.611. The molecule has 0 aromatic heterocycles. The SMILES string of the molecule is Cc1cc(C)c(CC(CN)C(=O)N2CCCCC2)cc1C. The molecule has 0 aliphatic carbocycles. The van der Waals surface area contributed by atoms with Crippen LogP contribution in [0.15, 0.2) is 12.1 Å². The van der Waals surface area contributed by atoms with Gasteiger partial charge in [-0.2, -0.15) is 0 Å². The Kier molecular flexibility index (Phi) is 5.40. The number of amides is 1. The fourth-order valence-corrected chi connectivity index (χ4v) is 3.15. The summed E-state index contributed by atoms with van der Waals surface area (Å²) in [6.45, 7) is 8.62. The summed E-state index contributed by atoms with van der Waals surface area (Å²) in [5.74, 6) is 0.165. The average Bonchev–Trinajstić information content (AvgIpc) is 2.50. The van der Waals surface area contributed by atoms with E-state index in [9.17, 15) is 4.79 Å². The van der Waals surface area contributed by atoms with E-state index >= 15 is 0 Å². The summed E-state index contributed by atoms with van der Waals surface area (Å²) in [5, 5.41) is 0. The van der Waals surface area contributed by atoms with E-state index in [1.165, 1.54) is 28.7 Å². The van der Waals surface area contributed by atoms with E-state index in [4.69, 9.17) is 5.73 Å². The normalized spacial score (nSPS) is 16.9. The molecule has 1 aromatic rings. The second-order valence-corrected chi connectivity index (χ2v) is 6.39. The largest absolute Gasteiger partial charge is 0.342 e. The highest BCUT2D eigenvalue weighted by molar-refractivity contribution is 5.79. The number of likely N-dealkylation sites (tertiary alicyclic amines) is 1. The van der Waals surface area contributed by atoms with Gasteiger partial charge in [-0.05, 0) is 68.7 Å². The minimum atomic E-state index is -0.0797. The van der Waals surface area contributed by atoms with E-state index in [1.54, 1.807) is 0 Å². The van der Waals surface area contributed by atoms with E-state index in [-0.39, 0.29) is 11.8 Å². The van der Waals surface area contributed by atoms with Crippen LogP contribution in [0.2, 0.25) is 0 Å². The van der Waals surface area contributed by atoms with Gasteiger partial charge < -0.3 is 10.6 Å². The Balaban J connectivity index is 2.11. The van der Waals surface area contributed by atoms with Gasteiger partial charge in [0.15, 0.2) is 0 Å². The van der Waals surface area contributed by atoms with Crippen molar-refractivity contribution in [1.82, 2.24) is 4.90 Å². The molecule has 1 aromatic carbocycles. The van der Waals surface area contributed by atoms with Crippen molar-refractivity contribution in [1.29, 1.82) is 0 Å². The zero-order chi connectivity index (χ0) is 15.4. The van der Waals surface area contributed by atoms with Crippen LogP contribution in [0.4, 0.5) is 0 Å². The van der Waals surface area contributed by atoms with Gasteiger partial charge in [0, 0.05) is 19.6 Å². The summed E-state index contributed by atoms with van der Waals surface area (Å²) in [6.07, 6.45) is 4.27. The smallest absolute Gasteiger partial charge is 0.227 e. The molecule has 0 spiro atoms. The second kappa shape index (κ2) is 7.08. The number of nitrogens with two attached hydrogens (primary N) is 1. The topological polar surface area (TPSA) is 46.3 Å². The van der Waals surface area contributed by atoms with Crippen molar-refractivity contribution in [3.8, 4) is 0 Å². The summed E-state index contributed by atoms with van der Waals surface area (Å²) in [6, 6.07) is 4.43. The molecule has 3 nitrogen and oxygen atoms in total. The first-order valence-electron chi connectivity index (χ1n) is 8.08. The van der Waals surface area contributed by atoms with Crippen LogP contribution in [-0.2, 0) is 11.2 Å². The molecule has 1 saturated heterocycles. The number of carbonyl (C=O) groups excluding carboxylic acids is 1. The van der Waals surface area contributed by atoms with Crippen LogP contribution in [0, 0.1) is 26.7 Å². The van der Waals surface area contributed by atoms with Crippen molar-refractivity contribution in [2.75, 3.05) is 19.6 Å². The summed E-state index contributed by atoms with van der Waals surface area (Å²) in [7, 11) is 0. The molecule has 3 heteroatoms. The van der Waals surface area contributed by atoms with E-state index in [0.29, 0.717) is 6.54 Å². The van der Waals surface area contributed by atoms with Gasteiger partial charge in [0.05, 0.1) is 5.92 Å². The van der Waals surface area contributed by atoms with E-state index in [1.807, 2.05) is 4.90 Å². The Bertz CT molecular complexity index is 504. The summed E-state index contributed by atoms with van der Waals surface area (Å²) >= 11 is 0. The van der Waals surface area contributed by atoms with Gasteiger partial charge in [0.25, 0.3) is 0 Å². The van der Waals surface area contributed by atoms with Crippen LogP contribution in [0.3, 0.4) is 0 Å². The van der Waals surface area contributed by atoms with E-state index < -0.39 is 0 Å². The molecule has 0 bridgehead atoms. The Hall–Kier alpha value is -1.35. The fourth-order valence-electron chi connectivity index (χ4n) is 3.15. The lowest BCUT2D eigenvalue weighted by molar-refractivity contribution is -0.136. The monoisotopic (exact) mass is 288 g/mol. The third kappa shape index (κ3) is 3.85. The molecule has 1 heterocycles. The zero-order valence-electron chi connectivity index (χ0n) is 13.6. The number of hydrogen-bond donors (Lipinski definition) is 1. The Morgan fingerprint density at radius 2 is 1.71 bits per heavy atom. The van der Waals surface area contributed by atoms with E-state index in [0.717, 1.165) is 32.4 Å². The van der Waals surface area contributed by atoms with Crippen LogP contribution in [0.5, 0.6) is 0 Å². The van der Waals surface area contributed by atoms with E-state index in [2.05, 4.69) is 32.9 Å². The van der Waals surface area contributed by atoms with Crippen LogP contribution in [0.1, 0.15) is 41.5 Å². The van der Waals surface area contributed by atoms with Crippen molar-refractivity contribution in [3.05, 3.63) is 34.4 Å². The number of benzene rings is 1. The average molecular weight is 288 g/mol. The van der Waals surface area contributed by atoms with Gasteiger partial charge >= 0.3 is 0 Å². The molecule has 116 valence electrons. The predicted octanol–water partition coefficient (Wildman–Crippen LogP) is 2.74. The highest BCUT2D eigenvalue weighted by Gasteiger charge is 2.25. The van der Waals surface area contributed by atoms with Crippen LogP contribution >= 0.6 is 0 Å². The first kappa shape index (κ1) is 16.0. The highest BCUT2D eigenvalue weighted by atomic mass is 16.2. The first-order chi connectivity index (χ1) is 10.0. The number of rotatable bonds is 4. The highest BCUT2D eigenvalue weighted by Crippen LogP contribution is 2.20. The number of nitrogens with zero attached hydrogens (tertiary/aromatic N) is 1. The maximum Gasteiger partial charge on any atom is 0.227 e. The molecule has 1 amide bonds. The number of carbonyl (C=O) groups is 1. The Morgan fingerprint density at radius 3 is 2.33 bits per heavy atom. The standard InChI is InChI=1S/C18H28N2O/c1-13-9-15(3)16(10-14(13)2)11-17(12-19)18(21)20-7-5-4-6-8-20/h9-10,17H,4-8,11-12,19H2,1-3H3. The molecule has 1 fully saturated rings. The molecule has 1 aliphatic heterocycles. The zero-order valence-corrected chi connectivity index (χ0v) is 13.6. The van der Waals surface area contributed by atoms with Gasteiger partial charge in [0.2, 0.25) is 5.91 Å². The van der Waals surface area contributed by atoms with Gasteiger partial charge in [0.1, 0.15) is 0 Å². The van der Waals surface area contributed by atoms with Gasteiger partial charge in [-0.25, -0.2) is 0 Å². The number of hydrogen-bond acceptors (Lipinski definition) is 2. The van der Waals surface area contributed by atoms with Crippen molar-refractivity contribution in [2.24, 2.45) is 11.7 Å². The first-order valence-corrected chi connectivity index (χ1v) is 8.08. The van der Waals surface area contributed by atoms with Crippen molar-refractivity contribution in [2.45, 2.75) is 46.5 Å². The molecule has 1 atom stereocenters. The second-order valence-electron chi connectivity index (χ2n) is 6.39. The van der Waals surface area contributed by atoms with Crippen molar-refractivity contribution in [3.63, 3.8) is 0 Å².